The molecule has 0 radical (unpaired) electrons. The van der Waals surface area contributed by atoms with Crippen LogP contribution in [0.3, 0.4) is 0 Å². The van der Waals surface area contributed by atoms with Gasteiger partial charge in [0, 0.05) is 11.2 Å². The summed E-state index contributed by atoms with van der Waals surface area (Å²) in [5.41, 5.74) is 0.271. The molecule has 3 atom stereocenters. The Balaban J connectivity index is 2.79. The molecule has 0 N–H and O–H groups in total. The van der Waals surface area contributed by atoms with Crippen LogP contribution in [0.15, 0.2) is 0 Å². The Kier molecular flexibility index (Phi) is 3.40. The Hall–Kier alpha value is -0.0300. The summed E-state index contributed by atoms with van der Waals surface area (Å²) >= 11 is 3.74. The molecule has 1 nitrogen and oxygen atoms in total. The predicted molar refractivity (Wildman–Crippen MR) is 58.6 cm³/mol. The van der Waals surface area contributed by atoms with Gasteiger partial charge in [-0.15, -0.1) is 0 Å². The quantitative estimate of drug-likeness (QED) is 0.644. The van der Waals surface area contributed by atoms with Gasteiger partial charge in [0.25, 0.3) is 0 Å². The van der Waals surface area contributed by atoms with E-state index in [1.165, 1.54) is 12.8 Å². The molecule has 0 heterocycles. The summed E-state index contributed by atoms with van der Waals surface area (Å²) in [6.07, 6.45) is 3.21. The summed E-state index contributed by atoms with van der Waals surface area (Å²) in [6, 6.07) is 2.32. The fourth-order valence-corrected chi connectivity index (χ4v) is 3.11. The van der Waals surface area contributed by atoms with Crippen molar-refractivity contribution in [1.82, 2.24) is 0 Å². The predicted octanol–water partition coefficient (Wildman–Crippen LogP) is 3.74. The number of hydrogen-bond donors (Lipinski definition) is 0. The Morgan fingerprint density at radius 3 is 2.62 bits per heavy atom. The van der Waals surface area contributed by atoms with Gasteiger partial charge in [0.05, 0.1) is 6.07 Å². The summed E-state index contributed by atoms with van der Waals surface area (Å²) in [7, 11) is 0. The van der Waals surface area contributed by atoms with Crippen molar-refractivity contribution < 1.29 is 0 Å². The van der Waals surface area contributed by atoms with Crippen LogP contribution in [0, 0.1) is 28.6 Å². The van der Waals surface area contributed by atoms with Crippen LogP contribution in [0.2, 0.25) is 0 Å². The molecule has 13 heavy (non-hydrogen) atoms. The van der Waals surface area contributed by atoms with Crippen LogP contribution in [0.5, 0.6) is 0 Å². The highest BCUT2D eigenvalue weighted by molar-refractivity contribution is 9.09. The first kappa shape index (κ1) is 11.0. The van der Waals surface area contributed by atoms with Crippen molar-refractivity contribution in [3.8, 4) is 6.07 Å². The fraction of sp³-hybridized carbons (Fsp3) is 0.909. The molecule has 1 fully saturated rings. The molecule has 0 saturated heterocycles. The highest BCUT2D eigenvalue weighted by atomic mass is 79.9. The van der Waals surface area contributed by atoms with E-state index in [9.17, 15) is 0 Å². The van der Waals surface area contributed by atoms with E-state index < -0.39 is 0 Å². The standard InChI is InChI=1S/C11H18BrN/c1-8-4-5-10(12)11(2,3)9(8)6-7-13/h8-10H,4-6H2,1-3H3/t8?,9?,10-/m0/s1. The van der Waals surface area contributed by atoms with Crippen LogP contribution in [-0.2, 0) is 0 Å². The molecule has 0 aromatic carbocycles. The first-order valence-electron chi connectivity index (χ1n) is 5.01. The van der Waals surface area contributed by atoms with Crippen LogP contribution in [0.25, 0.3) is 0 Å². The van der Waals surface area contributed by atoms with Gasteiger partial charge >= 0.3 is 0 Å². The van der Waals surface area contributed by atoms with Crippen LogP contribution >= 0.6 is 15.9 Å². The zero-order chi connectivity index (χ0) is 10.1. The molecular formula is C11H18BrN. The number of nitrogens with zero attached hydrogens (tertiary/aromatic N) is 1. The molecule has 1 rings (SSSR count). The largest absolute Gasteiger partial charge is 0.198 e. The summed E-state index contributed by atoms with van der Waals surface area (Å²) < 4.78 is 0. The molecule has 0 aliphatic heterocycles. The van der Waals surface area contributed by atoms with Crippen molar-refractivity contribution in [2.75, 3.05) is 0 Å². The highest BCUT2D eigenvalue weighted by Gasteiger charge is 2.42. The van der Waals surface area contributed by atoms with Gasteiger partial charge in [-0.2, -0.15) is 5.26 Å². The minimum atomic E-state index is 0.271. The second-order valence-electron chi connectivity index (χ2n) is 4.81. The lowest BCUT2D eigenvalue weighted by Crippen LogP contribution is -2.41. The van der Waals surface area contributed by atoms with Crippen LogP contribution in [-0.4, -0.2) is 4.83 Å². The van der Waals surface area contributed by atoms with Crippen molar-refractivity contribution >= 4 is 15.9 Å². The minimum absolute atomic E-state index is 0.271. The normalized spacial score (nSPS) is 38.2. The maximum atomic E-state index is 8.79. The van der Waals surface area contributed by atoms with E-state index in [1.54, 1.807) is 0 Å². The highest BCUT2D eigenvalue weighted by Crippen LogP contribution is 2.48. The Labute approximate surface area is 89.6 Å². The van der Waals surface area contributed by atoms with Gasteiger partial charge in [-0.1, -0.05) is 36.7 Å². The van der Waals surface area contributed by atoms with Crippen molar-refractivity contribution in [3.05, 3.63) is 0 Å². The molecule has 74 valence electrons. The maximum Gasteiger partial charge on any atom is 0.0624 e. The number of rotatable bonds is 1. The smallest absolute Gasteiger partial charge is 0.0624 e. The fourth-order valence-electron chi connectivity index (χ4n) is 2.51. The second kappa shape index (κ2) is 4.00. The van der Waals surface area contributed by atoms with Gasteiger partial charge in [-0.3, -0.25) is 0 Å². The maximum absolute atomic E-state index is 8.79. The average Bonchev–Trinajstić information content (AvgIpc) is 2.06. The molecular weight excluding hydrogens is 226 g/mol. The molecule has 0 aromatic rings. The van der Waals surface area contributed by atoms with Gasteiger partial charge in [0.15, 0.2) is 0 Å². The average molecular weight is 244 g/mol. The number of halogens is 1. The molecule has 0 spiro atoms. The van der Waals surface area contributed by atoms with E-state index in [2.05, 4.69) is 42.8 Å². The third-order valence-corrected chi connectivity index (χ3v) is 5.27. The number of hydrogen-bond acceptors (Lipinski definition) is 1. The Bertz CT molecular complexity index is 217. The monoisotopic (exact) mass is 243 g/mol. The minimum Gasteiger partial charge on any atom is -0.198 e. The van der Waals surface area contributed by atoms with Crippen molar-refractivity contribution in [3.63, 3.8) is 0 Å². The molecule has 0 bridgehead atoms. The molecule has 2 heteroatoms. The zero-order valence-electron chi connectivity index (χ0n) is 8.68. The van der Waals surface area contributed by atoms with E-state index in [4.69, 9.17) is 5.26 Å². The lowest BCUT2D eigenvalue weighted by molar-refractivity contribution is 0.0980. The molecule has 1 aliphatic rings. The van der Waals surface area contributed by atoms with Gasteiger partial charge in [0.1, 0.15) is 0 Å². The van der Waals surface area contributed by atoms with Crippen LogP contribution in [0.1, 0.15) is 40.0 Å². The molecule has 0 amide bonds. The molecule has 2 unspecified atom stereocenters. The summed E-state index contributed by atoms with van der Waals surface area (Å²) in [6.45, 7) is 6.84. The van der Waals surface area contributed by atoms with Crippen molar-refractivity contribution in [2.45, 2.75) is 44.9 Å². The molecule has 1 saturated carbocycles. The SMILES string of the molecule is CC1CC[C@H](Br)C(C)(C)C1CC#N. The lowest BCUT2D eigenvalue weighted by atomic mass is 9.63. The summed E-state index contributed by atoms with van der Waals surface area (Å²) in [5, 5.41) is 8.79. The van der Waals surface area contributed by atoms with Gasteiger partial charge in [-0.25, -0.2) is 0 Å². The van der Waals surface area contributed by atoms with Gasteiger partial charge < -0.3 is 0 Å². The summed E-state index contributed by atoms with van der Waals surface area (Å²) in [5.74, 6) is 1.25. The number of alkyl halides is 1. The third-order valence-electron chi connectivity index (χ3n) is 3.64. The van der Waals surface area contributed by atoms with E-state index in [-0.39, 0.29) is 5.41 Å². The Morgan fingerprint density at radius 2 is 2.08 bits per heavy atom. The number of nitriles is 1. The molecule has 1 aliphatic carbocycles. The first-order chi connectivity index (χ1) is 6.00. The van der Waals surface area contributed by atoms with Crippen LogP contribution < -0.4 is 0 Å². The van der Waals surface area contributed by atoms with Crippen LogP contribution in [0.4, 0.5) is 0 Å². The first-order valence-corrected chi connectivity index (χ1v) is 5.92. The Morgan fingerprint density at radius 1 is 1.46 bits per heavy atom. The summed E-state index contributed by atoms with van der Waals surface area (Å²) in [4.78, 5) is 0.578. The topological polar surface area (TPSA) is 23.8 Å². The van der Waals surface area contributed by atoms with E-state index in [1.807, 2.05) is 0 Å². The van der Waals surface area contributed by atoms with Gasteiger partial charge in [-0.05, 0) is 30.1 Å². The third kappa shape index (κ3) is 2.07. The lowest BCUT2D eigenvalue weighted by Gasteiger charge is -2.45. The second-order valence-corrected chi connectivity index (χ2v) is 5.92. The van der Waals surface area contributed by atoms with E-state index >= 15 is 0 Å². The zero-order valence-corrected chi connectivity index (χ0v) is 10.3. The van der Waals surface area contributed by atoms with Crippen molar-refractivity contribution in [2.24, 2.45) is 17.3 Å². The van der Waals surface area contributed by atoms with Gasteiger partial charge in [0.2, 0.25) is 0 Å². The van der Waals surface area contributed by atoms with Crippen molar-refractivity contribution in [1.29, 1.82) is 5.26 Å². The molecule has 0 aromatic heterocycles. The van der Waals surface area contributed by atoms with E-state index in [0.29, 0.717) is 23.1 Å². The van der Waals surface area contributed by atoms with E-state index in [0.717, 1.165) is 0 Å².